The highest BCUT2D eigenvalue weighted by Gasteiger charge is 2.31. The highest BCUT2D eigenvalue weighted by atomic mass is 32.1. The van der Waals surface area contributed by atoms with Gasteiger partial charge in [0.05, 0.1) is 17.1 Å². The van der Waals surface area contributed by atoms with Crippen LogP contribution >= 0.6 is 11.3 Å². The maximum Gasteiger partial charge on any atom is 0.228 e. The molecule has 1 N–H and O–H groups in total. The second kappa shape index (κ2) is 7.84. The molecule has 0 aliphatic carbocycles. The summed E-state index contributed by atoms with van der Waals surface area (Å²) in [4.78, 5) is 19.3. The van der Waals surface area contributed by atoms with Crippen molar-refractivity contribution in [3.63, 3.8) is 0 Å². The molecule has 6 heteroatoms. The number of hydrogen-bond donors (Lipinski definition) is 1. The Balaban J connectivity index is 1.33. The van der Waals surface area contributed by atoms with Crippen molar-refractivity contribution < 1.29 is 9.18 Å². The number of amides is 1. The standard InChI is InChI=1S/C20H24FN3OS/c21-17-3-1-14(2-4-17)9-19-23-18(13-26-19)10-20(25)24-7-5-15-11-22-12-16(15)6-8-24/h1-4,13,15-16,22H,5-12H2/t15-,16+. The minimum absolute atomic E-state index is 0.191. The third-order valence-electron chi connectivity index (χ3n) is 5.57. The first-order chi connectivity index (χ1) is 12.7. The van der Waals surface area contributed by atoms with Crippen LogP contribution in [0.4, 0.5) is 4.39 Å². The summed E-state index contributed by atoms with van der Waals surface area (Å²) in [5.41, 5.74) is 1.88. The average Bonchev–Trinajstić information content (AvgIpc) is 3.22. The second-order valence-electron chi connectivity index (χ2n) is 7.35. The number of hydrogen-bond acceptors (Lipinski definition) is 4. The van der Waals surface area contributed by atoms with Crippen LogP contribution in [-0.4, -0.2) is 42.0 Å². The summed E-state index contributed by atoms with van der Waals surface area (Å²) < 4.78 is 13.0. The van der Waals surface area contributed by atoms with Crippen LogP contribution in [0.2, 0.25) is 0 Å². The zero-order valence-corrected chi connectivity index (χ0v) is 15.6. The number of rotatable bonds is 4. The molecule has 2 aliphatic heterocycles. The van der Waals surface area contributed by atoms with Crippen molar-refractivity contribution in [1.82, 2.24) is 15.2 Å². The Kier molecular flexibility index (Phi) is 5.31. The van der Waals surface area contributed by atoms with Gasteiger partial charge in [-0.15, -0.1) is 11.3 Å². The Bertz CT molecular complexity index is 747. The van der Waals surface area contributed by atoms with Crippen molar-refractivity contribution in [2.75, 3.05) is 26.2 Å². The fraction of sp³-hybridized carbons (Fsp3) is 0.500. The summed E-state index contributed by atoms with van der Waals surface area (Å²) in [6, 6.07) is 6.50. The molecule has 4 nitrogen and oxygen atoms in total. The average molecular weight is 373 g/mol. The highest BCUT2D eigenvalue weighted by molar-refractivity contribution is 7.09. The predicted molar refractivity (Wildman–Crippen MR) is 101 cm³/mol. The van der Waals surface area contributed by atoms with Gasteiger partial charge < -0.3 is 10.2 Å². The van der Waals surface area contributed by atoms with Gasteiger partial charge in [0.15, 0.2) is 0 Å². The topological polar surface area (TPSA) is 45.2 Å². The number of halogens is 1. The fourth-order valence-corrected chi connectivity index (χ4v) is 4.85. The van der Waals surface area contributed by atoms with E-state index in [-0.39, 0.29) is 11.7 Å². The Morgan fingerprint density at radius 2 is 1.88 bits per heavy atom. The molecule has 3 heterocycles. The van der Waals surface area contributed by atoms with Gasteiger partial charge in [0.25, 0.3) is 0 Å². The molecular formula is C20H24FN3OS. The third kappa shape index (κ3) is 4.13. The number of benzene rings is 1. The van der Waals surface area contributed by atoms with Crippen LogP contribution < -0.4 is 5.32 Å². The minimum Gasteiger partial charge on any atom is -0.342 e. The molecule has 4 rings (SSSR count). The van der Waals surface area contributed by atoms with Crippen LogP contribution in [0, 0.1) is 17.7 Å². The van der Waals surface area contributed by atoms with E-state index < -0.39 is 0 Å². The summed E-state index contributed by atoms with van der Waals surface area (Å²) in [7, 11) is 0. The van der Waals surface area contributed by atoms with E-state index in [9.17, 15) is 9.18 Å². The van der Waals surface area contributed by atoms with Crippen molar-refractivity contribution in [1.29, 1.82) is 0 Å². The number of likely N-dealkylation sites (tertiary alicyclic amines) is 1. The van der Waals surface area contributed by atoms with Gasteiger partial charge in [0.2, 0.25) is 5.91 Å². The lowest BCUT2D eigenvalue weighted by Gasteiger charge is -2.20. The molecule has 2 aliphatic rings. The number of nitrogens with one attached hydrogen (secondary N) is 1. The Labute approximate surface area is 157 Å². The number of fused-ring (bicyclic) bond motifs is 1. The van der Waals surface area contributed by atoms with Crippen LogP contribution in [0.5, 0.6) is 0 Å². The lowest BCUT2D eigenvalue weighted by atomic mass is 9.92. The van der Waals surface area contributed by atoms with Gasteiger partial charge >= 0.3 is 0 Å². The molecule has 0 unspecified atom stereocenters. The van der Waals surface area contributed by atoms with Crippen molar-refractivity contribution in [3.05, 3.63) is 51.7 Å². The first kappa shape index (κ1) is 17.6. The van der Waals surface area contributed by atoms with Gasteiger partial charge in [-0.1, -0.05) is 12.1 Å². The lowest BCUT2D eigenvalue weighted by Crippen LogP contribution is -2.34. The molecule has 2 fully saturated rings. The van der Waals surface area contributed by atoms with E-state index in [2.05, 4.69) is 10.3 Å². The summed E-state index contributed by atoms with van der Waals surface area (Å²) >= 11 is 1.57. The molecule has 0 saturated carbocycles. The van der Waals surface area contributed by atoms with E-state index in [4.69, 9.17) is 0 Å². The van der Waals surface area contributed by atoms with Gasteiger partial charge in [-0.3, -0.25) is 4.79 Å². The molecule has 0 bridgehead atoms. The van der Waals surface area contributed by atoms with E-state index in [1.807, 2.05) is 10.3 Å². The van der Waals surface area contributed by atoms with E-state index in [0.29, 0.717) is 12.8 Å². The Morgan fingerprint density at radius 3 is 2.58 bits per heavy atom. The van der Waals surface area contributed by atoms with E-state index in [0.717, 1.165) is 67.1 Å². The lowest BCUT2D eigenvalue weighted by molar-refractivity contribution is -0.130. The molecule has 2 aromatic rings. The molecule has 138 valence electrons. The number of thiazole rings is 1. The van der Waals surface area contributed by atoms with Gasteiger partial charge in [-0.25, -0.2) is 9.37 Å². The molecule has 1 amide bonds. The number of carbonyl (C=O) groups is 1. The molecule has 1 aromatic heterocycles. The van der Waals surface area contributed by atoms with E-state index in [1.54, 1.807) is 23.5 Å². The molecule has 2 saturated heterocycles. The monoisotopic (exact) mass is 373 g/mol. The smallest absolute Gasteiger partial charge is 0.228 e. The maximum absolute atomic E-state index is 13.0. The van der Waals surface area contributed by atoms with Crippen molar-refractivity contribution in [3.8, 4) is 0 Å². The molecule has 26 heavy (non-hydrogen) atoms. The van der Waals surface area contributed by atoms with E-state index in [1.165, 1.54) is 12.1 Å². The van der Waals surface area contributed by atoms with Crippen molar-refractivity contribution in [2.24, 2.45) is 11.8 Å². The third-order valence-corrected chi connectivity index (χ3v) is 6.47. The van der Waals surface area contributed by atoms with Crippen molar-refractivity contribution >= 4 is 17.2 Å². The minimum atomic E-state index is -0.225. The molecule has 1 aromatic carbocycles. The maximum atomic E-state index is 13.0. The van der Waals surface area contributed by atoms with Crippen molar-refractivity contribution in [2.45, 2.75) is 25.7 Å². The first-order valence-corrected chi connectivity index (χ1v) is 10.2. The van der Waals surface area contributed by atoms with Crippen LogP contribution in [0.3, 0.4) is 0 Å². The SMILES string of the molecule is O=C(Cc1csc(Cc2ccc(F)cc2)n1)N1CC[C@@H]2CNC[C@@H]2CC1. The van der Waals surface area contributed by atoms with E-state index >= 15 is 0 Å². The van der Waals surface area contributed by atoms with Crippen LogP contribution in [0.15, 0.2) is 29.6 Å². The summed E-state index contributed by atoms with van der Waals surface area (Å²) in [6.45, 7) is 3.94. The molecule has 0 spiro atoms. The summed E-state index contributed by atoms with van der Waals surface area (Å²) in [5, 5.41) is 6.42. The summed E-state index contributed by atoms with van der Waals surface area (Å²) in [6.07, 6.45) is 3.28. The zero-order valence-electron chi connectivity index (χ0n) is 14.8. The first-order valence-electron chi connectivity index (χ1n) is 9.33. The van der Waals surface area contributed by atoms with Gasteiger partial charge in [-0.05, 0) is 55.5 Å². The quantitative estimate of drug-likeness (QED) is 0.896. The van der Waals surface area contributed by atoms with Crippen LogP contribution in [0.25, 0.3) is 0 Å². The normalized spacial score (nSPS) is 22.9. The molecule has 0 radical (unpaired) electrons. The van der Waals surface area contributed by atoms with Gasteiger partial charge in [0, 0.05) is 24.9 Å². The molecule has 2 atom stereocenters. The highest BCUT2D eigenvalue weighted by Crippen LogP contribution is 2.27. The van der Waals surface area contributed by atoms with Crippen LogP contribution in [-0.2, 0) is 17.6 Å². The fourth-order valence-electron chi connectivity index (χ4n) is 4.02. The van der Waals surface area contributed by atoms with Gasteiger partial charge in [-0.2, -0.15) is 0 Å². The largest absolute Gasteiger partial charge is 0.342 e. The zero-order chi connectivity index (χ0) is 17.9. The summed E-state index contributed by atoms with van der Waals surface area (Å²) in [5.74, 6) is 1.43. The van der Waals surface area contributed by atoms with Crippen LogP contribution in [0.1, 0.15) is 29.1 Å². The number of aromatic nitrogens is 1. The van der Waals surface area contributed by atoms with Gasteiger partial charge in [0.1, 0.15) is 5.82 Å². The Hall–Kier alpha value is -1.79. The Morgan fingerprint density at radius 1 is 1.19 bits per heavy atom. The number of carbonyl (C=O) groups excluding carboxylic acids is 1. The second-order valence-corrected chi connectivity index (χ2v) is 8.29. The molecular weight excluding hydrogens is 349 g/mol. The predicted octanol–water partition coefficient (Wildman–Crippen LogP) is 2.87. The number of nitrogens with zero attached hydrogens (tertiary/aromatic N) is 2.